The van der Waals surface area contributed by atoms with E-state index in [0.29, 0.717) is 0 Å². The fourth-order valence-corrected chi connectivity index (χ4v) is 4.48. The third-order valence-corrected chi connectivity index (χ3v) is 5.80. The van der Waals surface area contributed by atoms with Crippen LogP contribution in [0.25, 0.3) is 0 Å². The third-order valence-electron chi connectivity index (χ3n) is 5.80. The molecule has 2 aliphatic carbocycles. The summed E-state index contributed by atoms with van der Waals surface area (Å²) in [5.41, 5.74) is -3.88. The number of hydrogen-bond donors (Lipinski definition) is 3. The van der Waals surface area contributed by atoms with Gasteiger partial charge in [-0.05, 0) is 32.6 Å². The van der Waals surface area contributed by atoms with E-state index in [1.807, 2.05) is 0 Å². The van der Waals surface area contributed by atoms with Crippen molar-refractivity contribution in [1.29, 1.82) is 0 Å². The third kappa shape index (κ3) is 2.18. The zero-order valence-corrected chi connectivity index (χ0v) is 14.7. The number of carbonyl (C=O) groups excluding carboxylic acids is 2. The van der Waals surface area contributed by atoms with Crippen LogP contribution in [0.3, 0.4) is 0 Å². The van der Waals surface area contributed by atoms with E-state index < -0.39 is 23.1 Å². The van der Waals surface area contributed by atoms with Crippen LogP contribution in [-0.4, -0.2) is 33.7 Å². The molecule has 6 heteroatoms. The summed E-state index contributed by atoms with van der Waals surface area (Å²) < 4.78 is 5.63. The molecule has 1 heterocycles. The zero-order chi connectivity index (χ0) is 18.5. The fourth-order valence-electron chi connectivity index (χ4n) is 4.48. The van der Waals surface area contributed by atoms with E-state index in [9.17, 15) is 19.8 Å². The van der Waals surface area contributed by atoms with Gasteiger partial charge in [-0.1, -0.05) is 37.1 Å². The molecule has 3 aliphatic rings. The van der Waals surface area contributed by atoms with Crippen molar-refractivity contribution in [2.24, 2.45) is 0 Å². The van der Waals surface area contributed by atoms with Gasteiger partial charge in [-0.15, -0.1) is 0 Å². The minimum absolute atomic E-state index is 0.189. The summed E-state index contributed by atoms with van der Waals surface area (Å²) in [6, 6.07) is 6.45. The van der Waals surface area contributed by atoms with Crippen molar-refractivity contribution in [1.82, 2.24) is 5.32 Å². The van der Waals surface area contributed by atoms with Gasteiger partial charge in [0.15, 0.2) is 0 Å². The van der Waals surface area contributed by atoms with Crippen molar-refractivity contribution in [3.8, 4) is 0 Å². The summed E-state index contributed by atoms with van der Waals surface area (Å²) >= 11 is 0. The minimum atomic E-state index is -2.37. The number of ether oxygens (including phenoxy) is 1. The fraction of sp³-hybridized carbons (Fsp3) is 0.500. The predicted octanol–water partition coefficient (Wildman–Crippen LogP) is 1.90. The first-order chi connectivity index (χ1) is 12.4. The van der Waals surface area contributed by atoms with Gasteiger partial charge in [0.25, 0.3) is 0 Å². The number of allylic oxidation sites excluding steroid dienone is 1. The van der Waals surface area contributed by atoms with Crippen molar-refractivity contribution >= 4 is 11.8 Å². The van der Waals surface area contributed by atoms with Crippen LogP contribution in [0, 0.1) is 0 Å². The lowest BCUT2D eigenvalue weighted by Crippen LogP contribution is -2.56. The number of carbonyl (C=O) groups is 2. The highest BCUT2D eigenvalue weighted by Gasteiger charge is 2.70. The maximum atomic E-state index is 12.9. The van der Waals surface area contributed by atoms with Crippen LogP contribution >= 0.6 is 0 Å². The molecule has 26 heavy (non-hydrogen) atoms. The molecule has 0 aromatic heterocycles. The van der Waals surface area contributed by atoms with Crippen LogP contribution in [0.2, 0.25) is 0 Å². The highest BCUT2D eigenvalue weighted by molar-refractivity contribution is 6.16. The number of rotatable bonds is 2. The molecule has 2 atom stereocenters. The van der Waals surface area contributed by atoms with Gasteiger partial charge >= 0.3 is 5.97 Å². The molecule has 138 valence electrons. The molecule has 0 saturated heterocycles. The number of hydrogen-bond acceptors (Lipinski definition) is 6. The minimum Gasteiger partial charge on any atom is -0.459 e. The first-order valence-electron chi connectivity index (χ1n) is 9.19. The topological polar surface area (TPSA) is 95.9 Å². The molecule has 0 amide bonds. The lowest BCUT2D eigenvalue weighted by molar-refractivity contribution is -0.152. The summed E-state index contributed by atoms with van der Waals surface area (Å²) in [5, 5.41) is 25.1. The van der Waals surface area contributed by atoms with E-state index >= 15 is 0 Å². The monoisotopic (exact) mass is 357 g/mol. The van der Waals surface area contributed by atoms with E-state index in [-0.39, 0.29) is 28.5 Å². The first kappa shape index (κ1) is 17.2. The Morgan fingerprint density at radius 3 is 2.50 bits per heavy atom. The molecule has 6 nitrogen and oxygen atoms in total. The Morgan fingerprint density at radius 1 is 1.15 bits per heavy atom. The maximum absolute atomic E-state index is 12.9. The Bertz CT molecular complexity index is 808. The van der Waals surface area contributed by atoms with Crippen LogP contribution in [0.15, 0.2) is 35.5 Å². The number of benzene rings is 1. The quantitative estimate of drug-likeness (QED) is 0.553. The van der Waals surface area contributed by atoms with Crippen LogP contribution in [0.5, 0.6) is 0 Å². The van der Waals surface area contributed by atoms with Crippen molar-refractivity contribution < 1.29 is 24.5 Å². The lowest BCUT2D eigenvalue weighted by Gasteiger charge is -2.32. The number of Topliss-reactive ketones (excluding diaryl/α,β-unsaturated/α-hetero) is 1. The molecule has 4 rings (SSSR count). The summed E-state index contributed by atoms with van der Waals surface area (Å²) in [5.74, 6) is -1.42. The number of aliphatic hydroxyl groups is 2. The Balaban J connectivity index is 1.68. The SMILES string of the molecule is CC1=C(C(=O)OC2CCCCCC2)[C@@]2(O)C(=O)c3ccccc3[C@@]2(O)N1. The van der Waals surface area contributed by atoms with Crippen LogP contribution < -0.4 is 5.32 Å². The highest BCUT2D eigenvalue weighted by Crippen LogP contribution is 2.51. The van der Waals surface area contributed by atoms with Crippen LogP contribution in [-0.2, 0) is 15.3 Å². The van der Waals surface area contributed by atoms with E-state index in [2.05, 4.69) is 5.32 Å². The number of nitrogens with one attached hydrogen (secondary N) is 1. The molecule has 1 aromatic rings. The molecule has 0 radical (unpaired) electrons. The van der Waals surface area contributed by atoms with Gasteiger partial charge in [0.2, 0.25) is 17.1 Å². The van der Waals surface area contributed by atoms with Crippen molar-refractivity contribution in [3.63, 3.8) is 0 Å². The van der Waals surface area contributed by atoms with Gasteiger partial charge in [0.05, 0.1) is 0 Å². The normalized spacial score (nSPS) is 31.3. The van der Waals surface area contributed by atoms with E-state index in [4.69, 9.17) is 4.74 Å². The second-order valence-corrected chi connectivity index (χ2v) is 7.44. The molecule has 1 aromatic carbocycles. The highest BCUT2D eigenvalue weighted by atomic mass is 16.5. The van der Waals surface area contributed by atoms with E-state index in [1.54, 1.807) is 25.1 Å². The molecular formula is C20H23NO5. The first-order valence-corrected chi connectivity index (χ1v) is 9.19. The molecule has 0 unspecified atom stereocenters. The summed E-state index contributed by atoms with van der Waals surface area (Å²) in [6.45, 7) is 1.56. The molecule has 0 spiro atoms. The average Bonchev–Trinajstić information content (AvgIpc) is 2.83. The van der Waals surface area contributed by atoms with Gasteiger partial charge in [-0.25, -0.2) is 4.79 Å². The summed E-state index contributed by atoms with van der Waals surface area (Å²) in [6.07, 6.45) is 5.56. The lowest BCUT2D eigenvalue weighted by atomic mass is 9.85. The van der Waals surface area contributed by atoms with Gasteiger partial charge in [0, 0.05) is 16.8 Å². The van der Waals surface area contributed by atoms with Crippen molar-refractivity contribution in [2.75, 3.05) is 0 Å². The van der Waals surface area contributed by atoms with E-state index in [0.717, 1.165) is 38.5 Å². The maximum Gasteiger partial charge on any atom is 0.339 e. The second-order valence-electron chi connectivity index (χ2n) is 7.44. The van der Waals surface area contributed by atoms with Gasteiger partial charge < -0.3 is 20.3 Å². The van der Waals surface area contributed by atoms with Crippen LogP contribution in [0.1, 0.15) is 61.4 Å². The van der Waals surface area contributed by atoms with E-state index in [1.165, 1.54) is 6.07 Å². The molecule has 1 fully saturated rings. The Hall–Kier alpha value is -2.18. The average molecular weight is 357 g/mol. The standard InChI is InChI=1S/C20H23NO5/c1-12-16(18(23)26-13-8-4-2-3-5-9-13)19(24)17(22)14-10-6-7-11-15(14)20(19,25)21-12/h6-7,10-11,13,21,24-25H,2-5,8-9H2,1H3/t19-,20+/m1/s1. The molecular weight excluding hydrogens is 334 g/mol. The van der Waals surface area contributed by atoms with Crippen molar-refractivity contribution in [3.05, 3.63) is 46.7 Å². The zero-order valence-electron chi connectivity index (χ0n) is 14.7. The van der Waals surface area contributed by atoms with Gasteiger partial charge in [-0.2, -0.15) is 0 Å². The molecule has 3 N–H and O–H groups in total. The van der Waals surface area contributed by atoms with Gasteiger partial charge in [-0.3, -0.25) is 4.79 Å². The Labute approximate surface area is 151 Å². The van der Waals surface area contributed by atoms with Gasteiger partial charge in [0.1, 0.15) is 11.7 Å². The van der Waals surface area contributed by atoms with Crippen molar-refractivity contribution in [2.45, 2.75) is 62.9 Å². The number of fused-ring (bicyclic) bond motifs is 3. The molecule has 0 bridgehead atoms. The number of esters is 1. The van der Waals surface area contributed by atoms with Crippen LogP contribution in [0.4, 0.5) is 0 Å². The smallest absolute Gasteiger partial charge is 0.339 e. The Morgan fingerprint density at radius 2 is 1.81 bits per heavy atom. The largest absolute Gasteiger partial charge is 0.459 e. The summed E-state index contributed by atoms with van der Waals surface area (Å²) in [4.78, 5) is 25.8. The predicted molar refractivity (Wildman–Crippen MR) is 93.0 cm³/mol. The molecule has 1 saturated carbocycles. The summed E-state index contributed by atoms with van der Waals surface area (Å²) in [7, 11) is 0. The number of ketones is 1. The molecule has 1 aliphatic heterocycles. The second kappa shape index (κ2) is 5.93. The Kier molecular flexibility index (Phi) is 3.93.